The number of hydrogen-bond donors (Lipinski definition) is 0. The van der Waals surface area contributed by atoms with Crippen LogP contribution in [0, 0.1) is 37.5 Å². The summed E-state index contributed by atoms with van der Waals surface area (Å²) in [5, 5.41) is 0. The average Bonchev–Trinajstić information content (AvgIpc) is 2.94. The van der Waals surface area contributed by atoms with Crippen LogP contribution in [-0.2, 0) is 24.2 Å². The predicted octanol–water partition coefficient (Wildman–Crippen LogP) is 9.61. The van der Waals surface area contributed by atoms with Crippen LogP contribution in [0.1, 0.15) is 22.3 Å². The number of nitrogens with zero attached hydrogens (tertiary/aromatic N) is 2. The van der Waals surface area contributed by atoms with Crippen LogP contribution in [-0.4, -0.2) is 33.6 Å². The Morgan fingerprint density at radius 1 is 0.364 bits per heavy atom. The Morgan fingerprint density at radius 3 is 0.727 bits per heavy atom. The molecular formula is C36H53FN2NdSi4. The second kappa shape index (κ2) is 16.2. The molecule has 0 saturated heterocycles. The van der Waals surface area contributed by atoms with Crippen molar-refractivity contribution in [2.24, 2.45) is 0 Å². The fourth-order valence-electron chi connectivity index (χ4n) is 6.98. The maximum absolute atomic E-state index is 3.35. The maximum atomic E-state index is 3.35. The molecule has 0 radical (unpaired) electrons. The average molecular weight is 789 g/mol. The molecule has 0 atom stereocenters. The predicted molar refractivity (Wildman–Crippen MR) is 197 cm³/mol. The van der Waals surface area contributed by atoms with Gasteiger partial charge in [0.15, 0.2) is 0 Å². The summed E-state index contributed by atoms with van der Waals surface area (Å²) in [7, 11) is -7.13. The zero-order valence-electron chi connectivity index (χ0n) is 28.2. The van der Waals surface area contributed by atoms with E-state index in [2.05, 4.69) is 174 Å². The van der Waals surface area contributed by atoms with Crippen LogP contribution in [0.4, 0.5) is 4.70 Å². The van der Waals surface area contributed by atoms with Crippen molar-refractivity contribution < 1.29 is 42.2 Å². The number of hydrogen-bond acceptors (Lipinski definition) is 2. The standard InChI is InChI=1S/2C18H26NSi2.FH.Nd/c2*1-20(2,15-17-11-7-5-8-12-17)19-21(3,4)16-18-13-9-6-10-14-18;;/h2*5-14H,15-16H2,1-4H3;1H;/q2*-1;;+2. The molecule has 4 aromatic rings. The van der Waals surface area contributed by atoms with Gasteiger partial charge in [0.2, 0.25) is 0 Å². The molecule has 0 fully saturated rings. The summed E-state index contributed by atoms with van der Waals surface area (Å²) in [6.45, 7) is 21.6. The SMILES string of the molecule is C[Si](C)(Cc1ccccc1)[N]([Nd][N]([Si](C)(C)Cc1ccccc1)[Si](C)(C)Cc1ccccc1)[Si](C)(C)Cc1ccccc1.F. The molecule has 2 nitrogen and oxygen atoms in total. The topological polar surface area (TPSA) is 6.48 Å². The Labute approximate surface area is 293 Å². The summed E-state index contributed by atoms with van der Waals surface area (Å²) in [5.74, 6) is 0. The molecule has 0 aliphatic heterocycles. The molecule has 0 saturated carbocycles. The van der Waals surface area contributed by atoms with Crippen LogP contribution in [0.2, 0.25) is 52.4 Å². The monoisotopic (exact) mass is 786 g/mol. The van der Waals surface area contributed by atoms with Gasteiger partial charge in [-0.2, -0.15) is 0 Å². The van der Waals surface area contributed by atoms with E-state index >= 15 is 0 Å². The van der Waals surface area contributed by atoms with Gasteiger partial charge in [-0.25, -0.2) is 0 Å². The largest absolute Gasteiger partial charge is 0.269 e. The van der Waals surface area contributed by atoms with Crippen molar-refractivity contribution in [2.45, 2.75) is 76.6 Å². The molecule has 234 valence electrons. The first-order chi connectivity index (χ1) is 20.3. The van der Waals surface area contributed by atoms with E-state index in [0.29, 0.717) is 0 Å². The summed E-state index contributed by atoms with van der Waals surface area (Å²) in [6, 6.07) is 50.4. The van der Waals surface area contributed by atoms with Gasteiger partial charge < -0.3 is 0 Å². The van der Waals surface area contributed by atoms with Crippen molar-refractivity contribution in [2.75, 3.05) is 0 Å². The van der Waals surface area contributed by atoms with E-state index in [0.717, 1.165) is 0 Å². The smallest absolute Gasteiger partial charge is 0.269 e. The van der Waals surface area contributed by atoms with Gasteiger partial charge in [-0.1, -0.05) is 0 Å². The molecular weight excluding hydrogens is 736 g/mol. The Kier molecular flexibility index (Phi) is 13.7. The van der Waals surface area contributed by atoms with Crippen LogP contribution < -0.4 is 0 Å². The van der Waals surface area contributed by atoms with Gasteiger partial charge in [0.05, 0.1) is 0 Å². The van der Waals surface area contributed by atoms with Crippen molar-refractivity contribution >= 4 is 32.9 Å². The van der Waals surface area contributed by atoms with Gasteiger partial charge in [0, 0.05) is 0 Å². The van der Waals surface area contributed by atoms with Crippen LogP contribution in [0.5, 0.6) is 0 Å². The van der Waals surface area contributed by atoms with E-state index in [-0.39, 0.29) is 4.70 Å². The summed E-state index contributed by atoms with van der Waals surface area (Å²) in [6.07, 6.45) is 0. The molecule has 0 amide bonds. The molecule has 8 heteroatoms. The minimum Gasteiger partial charge on any atom is -0.269 e. The van der Waals surface area contributed by atoms with Crippen LogP contribution in [0.15, 0.2) is 121 Å². The fourth-order valence-corrected chi connectivity index (χ4v) is 47.7. The minimum atomic E-state index is -1.78. The van der Waals surface area contributed by atoms with Crippen LogP contribution in [0.3, 0.4) is 0 Å². The van der Waals surface area contributed by atoms with Crippen LogP contribution in [0.25, 0.3) is 0 Å². The van der Waals surface area contributed by atoms with E-state index in [1.165, 1.54) is 46.4 Å². The third-order valence-electron chi connectivity index (χ3n) is 8.54. The van der Waals surface area contributed by atoms with E-state index in [4.69, 9.17) is 0 Å². The second-order valence-corrected chi connectivity index (χ2v) is 42.5. The summed E-state index contributed by atoms with van der Waals surface area (Å²) in [4.78, 5) is 0. The Bertz CT molecular complexity index is 1190. The van der Waals surface area contributed by atoms with Gasteiger partial charge in [-0.05, 0) is 0 Å². The number of rotatable bonds is 14. The van der Waals surface area contributed by atoms with Crippen molar-refractivity contribution in [3.8, 4) is 0 Å². The van der Waals surface area contributed by atoms with Crippen molar-refractivity contribution in [3.05, 3.63) is 144 Å². The zero-order valence-corrected chi connectivity index (χ0v) is 35.4. The van der Waals surface area contributed by atoms with E-state index in [1.807, 2.05) is 0 Å². The zero-order chi connectivity index (χ0) is 31.1. The molecule has 0 aromatic heterocycles. The van der Waals surface area contributed by atoms with E-state index in [9.17, 15) is 0 Å². The molecule has 4 rings (SSSR count). The molecule has 0 aliphatic rings. The molecule has 0 heterocycles. The number of benzene rings is 4. The molecule has 0 N–H and O–H groups in total. The second-order valence-electron chi connectivity index (χ2n) is 14.7. The van der Waals surface area contributed by atoms with Gasteiger partial charge in [0.1, 0.15) is 0 Å². The first kappa shape index (κ1) is 37.4. The minimum absolute atomic E-state index is 0. The summed E-state index contributed by atoms with van der Waals surface area (Å²) >= 11 is -1.46. The van der Waals surface area contributed by atoms with Crippen molar-refractivity contribution in [1.82, 2.24) is 0.627 Å². The molecule has 4 aromatic carbocycles. The Hall–Kier alpha value is -1.05. The summed E-state index contributed by atoms with van der Waals surface area (Å²) < 4.78 is 6.69. The molecule has 0 aliphatic carbocycles. The normalized spacial score (nSPS) is 12.7. The van der Waals surface area contributed by atoms with Gasteiger partial charge in [-0.15, -0.1) is 0 Å². The van der Waals surface area contributed by atoms with Crippen molar-refractivity contribution in [1.29, 1.82) is 0 Å². The van der Waals surface area contributed by atoms with Crippen LogP contribution >= 0.6 is 0 Å². The van der Waals surface area contributed by atoms with E-state index < -0.39 is 70.4 Å². The third kappa shape index (κ3) is 10.5. The first-order valence-electron chi connectivity index (χ1n) is 15.8. The van der Waals surface area contributed by atoms with Gasteiger partial charge in [0.25, 0.3) is 0 Å². The molecule has 44 heavy (non-hydrogen) atoms. The van der Waals surface area contributed by atoms with Gasteiger partial charge in [-0.3, -0.25) is 4.70 Å². The number of halogens is 1. The van der Waals surface area contributed by atoms with Gasteiger partial charge >= 0.3 is 291 Å². The summed E-state index contributed by atoms with van der Waals surface area (Å²) in [5.41, 5.74) is 6.08. The molecule has 0 unspecified atom stereocenters. The fraction of sp³-hybridized carbons (Fsp3) is 0.333. The quantitative estimate of drug-likeness (QED) is 0.118. The maximum Gasteiger partial charge on any atom is -0.269 e. The molecule has 0 bridgehead atoms. The Balaban J connectivity index is 0.00000529. The first-order valence-corrected chi connectivity index (χ1v) is 31.3. The third-order valence-corrected chi connectivity index (χ3v) is 53.3. The van der Waals surface area contributed by atoms with Crippen molar-refractivity contribution in [3.63, 3.8) is 0 Å². The van der Waals surface area contributed by atoms with E-state index in [1.54, 1.807) is 0 Å². The Morgan fingerprint density at radius 2 is 0.545 bits per heavy atom. The molecule has 0 spiro atoms.